The minimum atomic E-state index is 0.184. The number of ether oxygens (including phenoxy) is 2. The molecule has 104 valence electrons. The number of methoxy groups -OCH3 is 1. The predicted octanol–water partition coefficient (Wildman–Crippen LogP) is 3.46. The fourth-order valence-corrected chi connectivity index (χ4v) is 2.30. The minimum Gasteiger partial charge on any atom is -0.497 e. The van der Waals surface area contributed by atoms with Crippen molar-refractivity contribution >= 4 is 0 Å². The third kappa shape index (κ3) is 3.51. The van der Waals surface area contributed by atoms with E-state index in [1.807, 2.05) is 19.2 Å². The molecule has 1 N–H and O–H groups in total. The highest BCUT2D eigenvalue weighted by molar-refractivity contribution is 5.42. The van der Waals surface area contributed by atoms with Gasteiger partial charge in [-0.3, -0.25) is 0 Å². The number of hydrogen-bond acceptors (Lipinski definition) is 3. The molecule has 0 bridgehead atoms. The van der Waals surface area contributed by atoms with E-state index >= 15 is 0 Å². The van der Waals surface area contributed by atoms with Crippen molar-refractivity contribution in [1.82, 2.24) is 5.32 Å². The summed E-state index contributed by atoms with van der Waals surface area (Å²) >= 11 is 0. The van der Waals surface area contributed by atoms with Crippen molar-refractivity contribution in [2.45, 2.75) is 38.3 Å². The van der Waals surface area contributed by atoms with Crippen LogP contribution in [-0.2, 0) is 0 Å². The molecule has 1 aliphatic carbocycles. The first kappa shape index (κ1) is 13.9. The molecule has 0 saturated heterocycles. The SMILES string of the molecule is CNC(C)c1ccc(OC)cc1OC1C=CCCC1. The maximum Gasteiger partial charge on any atom is 0.128 e. The van der Waals surface area contributed by atoms with Crippen LogP contribution in [0.25, 0.3) is 0 Å². The van der Waals surface area contributed by atoms with Gasteiger partial charge in [0.2, 0.25) is 0 Å². The maximum absolute atomic E-state index is 6.15. The second-order valence-electron chi connectivity index (χ2n) is 4.93. The Labute approximate surface area is 115 Å². The number of nitrogens with one attached hydrogen (secondary N) is 1. The smallest absolute Gasteiger partial charge is 0.128 e. The molecular formula is C16H23NO2. The van der Waals surface area contributed by atoms with Crippen LogP contribution in [0.2, 0.25) is 0 Å². The van der Waals surface area contributed by atoms with Gasteiger partial charge in [-0.15, -0.1) is 0 Å². The summed E-state index contributed by atoms with van der Waals surface area (Å²) in [6.45, 7) is 2.13. The van der Waals surface area contributed by atoms with Crippen LogP contribution in [0.4, 0.5) is 0 Å². The highest BCUT2D eigenvalue weighted by Gasteiger charge is 2.16. The van der Waals surface area contributed by atoms with Gasteiger partial charge < -0.3 is 14.8 Å². The summed E-state index contributed by atoms with van der Waals surface area (Å²) in [6.07, 6.45) is 8.00. The molecule has 19 heavy (non-hydrogen) atoms. The Morgan fingerprint density at radius 1 is 1.37 bits per heavy atom. The molecule has 2 rings (SSSR count). The van der Waals surface area contributed by atoms with Crippen LogP contribution in [0, 0.1) is 0 Å². The van der Waals surface area contributed by atoms with Gasteiger partial charge in [0, 0.05) is 17.7 Å². The van der Waals surface area contributed by atoms with Crippen LogP contribution in [0.15, 0.2) is 30.4 Å². The van der Waals surface area contributed by atoms with Crippen molar-refractivity contribution in [2.75, 3.05) is 14.2 Å². The van der Waals surface area contributed by atoms with Gasteiger partial charge in [0.25, 0.3) is 0 Å². The summed E-state index contributed by atoms with van der Waals surface area (Å²) in [6, 6.07) is 6.29. The van der Waals surface area contributed by atoms with Crippen LogP contribution in [-0.4, -0.2) is 20.3 Å². The van der Waals surface area contributed by atoms with Crippen LogP contribution >= 0.6 is 0 Å². The minimum absolute atomic E-state index is 0.184. The van der Waals surface area contributed by atoms with E-state index in [-0.39, 0.29) is 12.1 Å². The van der Waals surface area contributed by atoms with Crippen LogP contribution < -0.4 is 14.8 Å². The van der Waals surface area contributed by atoms with Crippen molar-refractivity contribution in [3.63, 3.8) is 0 Å². The Kier molecular flexibility index (Phi) is 4.86. The fourth-order valence-electron chi connectivity index (χ4n) is 2.30. The van der Waals surface area contributed by atoms with Gasteiger partial charge in [-0.2, -0.15) is 0 Å². The second kappa shape index (κ2) is 6.62. The molecule has 0 heterocycles. The van der Waals surface area contributed by atoms with E-state index in [9.17, 15) is 0 Å². The molecule has 3 heteroatoms. The summed E-state index contributed by atoms with van der Waals surface area (Å²) in [4.78, 5) is 0. The van der Waals surface area contributed by atoms with Gasteiger partial charge in [-0.05, 0) is 45.4 Å². The molecule has 0 amide bonds. The second-order valence-corrected chi connectivity index (χ2v) is 4.93. The lowest BCUT2D eigenvalue weighted by Crippen LogP contribution is -2.19. The van der Waals surface area contributed by atoms with Crippen molar-refractivity contribution in [2.24, 2.45) is 0 Å². The average molecular weight is 261 g/mol. The van der Waals surface area contributed by atoms with E-state index in [1.54, 1.807) is 7.11 Å². The zero-order valence-corrected chi connectivity index (χ0v) is 12.0. The molecule has 0 radical (unpaired) electrons. The molecule has 1 aliphatic rings. The van der Waals surface area contributed by atoms with Crippen molar-refractivity contribution in [3.05, 3.63) is 35.9 Å². The van der Waals surface area contributed by atoms with Crippen molar-refractivity contribution in [1.29, 1.82) is 0 Å². The zero-order valence-electron chi connectivity index (χ0n) is 12.0. The lowest BCUT2D eigenvalue weighted by molar-refractivity contribution is 0.225. The van der Waals surface area contributed by atoms with E-state index in [1.165, 1.54) is 12.0 Å². The Hall–Kier alpha value is -1.48. The van der Waals surface area contributed by atoms with Crippen LogP contribution in [0.3, 0.4) is 0 Å². The van der Waals surface area contributed by atoms with Crippen molar-refractivity contribution < 1.29 is 9.47 Å². The Morgan fingerprint density at radius 2 is 2.21 bits per heavy atom. The first-order valence-corrected chi connectivity index (χ1v) is 6.93. The molecule has 0 spiro atoms. The first-order chi connectivity index (χ1) is 9.24. The topological polar surface area (TPSA) is 30.5 Å². The molecule has 1 aromatic carbocycles. The predicted molar refractivity (Wildman–Crippen MR) is 77.9 cm³/mol. The maximum atomic E-state index is 6.15. The van der Waals surface area contributed by atoms with Gasteiger partial charge in [0.15, 0.2) is 0 Å². The molecule has 3 nitrogen and oxygen atoms in total. The quantitative estimate of drug-likeness (QED) is 0.823. The number of benzene rings is 1. The molecule has 0 aromatic heterocycles. The molecule has 2 unspecified atom stereocenters. The lowest BCUT2D eigenvalue weighted by atomic mass is 10.0. The summed E-state index contributed by atoms with van der Waals surface area (Å²) in [7, 11) is 3.64. The van der Waals surface area contributed by atoms with E-state index in [0.29, 0.717) is 0 Å². The van der Waals surface area contributed by atoms with Gasteiger partial charge in [-0.25, -0.2) is 0 Å². The standard InChI is InChI=1S/C16H23NO2/c1-12(17-2)15-10-9-14(18-3)11-16(15)19-13-7-5-4-6-8-13/h5,7,9-13,17H,4,6,8H2,1-3H3. The third-order valence-electron chi connectivity index (χ3n) is 3.61. The number of hydrogen-bond donors (Lipinski definition) is 1. The Bertz CT molecular complexity index is 442. The van der Waals surface area contributed by atoms with Gasteiger partial charge in [-0.1, -0.05) is 12.1 Å². The van der Waals surface area contributed by atoms with Crippen molar-refractivity contribution in [3.8, 4) is 11.5 Å². The Morgan fingerprint density at radius 3 is 2.84 bits per heavy atom. The fraction of sp³-hybridized carbons (Fsp3) is 0.500. The van der Waals surface area contributed by atoms with Gasteiger partial charge in [0.05, 0.1) is 7.11 Å². The van der Waals surface area contributed by atoms with Gasteiger partial charge >= 0.3 is 0 Å². The van der Waals surface area contributed by atoms with Gasteiger partial charge in [0.1, 0.15) is 17.6 Å². The highest BCUT2D eigenvalue weighted by atomic mass is 16.5. The van der Waals surface area contributed by atoms with Crippen LogP contribution in [0.1, 0.15) is 37.8 Å². The van der Waals surface area contributed by atoms with E-state index in [2.05, 4.69) is 30.5 Å². The largest absolute Gasteiger partial charge is 0.497 e. The number of rotatable bonds is 5. The summed E-state index contributed by atoms with van der Waals surface area (Å²) in [5.41, 5.74) is 1.17. The highest BCUT2D eigenvalue weighted by Crippen LogP contribution is 2.31. The van der Waals surface area contributed by atoms with Crippen LogP contribution in [0.5, 0.6) is 11.5 Å². The Balaban J connectivity index is 2.23. The monoisotopic (exact) mass is 261 g/mol. The van der Waals surface area contributed by atoms with E-state index in [0.717, 1.165) is 24.3 Å². The molecule has 0 fully saturated rings. The summed E-state index contributed by atoms with van der Waals surface area (Å²) < 4.78 is 11.4. The molecule has 2 atom stereocenters. The third-order valence-corrected chi connectivity index (χ3v) is 3.61. The zero-order chi connectivity index (χ0) is 13.7. The van der Waals surface area contributed by atoms with E-state index in [4.69, 9.17) is 9.47 Å². The molecular weight excluding hydrogens is 238 g/mol. The first-order valence-electron chi connectivity index (χ1n) is 6.93. The van der Waals surface area contributed by atoms with E-state index < -0.39 is 0 Å². The lowest BCUT2D eigenvalue weighted by Gasteiger charge is -2.23. The molecule has 1 aromatic rings. The average Bonchev–Trinajstić information content (AvgIpc) is 2.47. The summed E-state index contributed by atoms with van der Waals surface area (Å²) in [5, 5.41) is 3.26. The summed E-state index contributed by atoms with van der Waals surface area (Å²) in [5.74, 6) is 1.75. The molecule has 0 aliphatic heterocycles. The normalized spacial score (nSPS) is 20.1. The molecule has 0 saturated carbocycles. The number of allylic oxidation sites excluding steroid dienone is 1.